The Morgan fingerprint density at radius 3 is 2.76 bits per heavy atom. The molecule has 114 valence electrons. The topological polar surface area (TPSA) is 55.2 Å². The first kappa shape index (κ1) is 14.8. The fourth-order valence-electron chi connectivity index (χ4n) is 4.06. The highest BCUT2D eigenvalue weighted by Crippen LogP contribution is 2.50. The van der Waals surface area contributed by atoms with E-state index in [0.29, 0.717) is 5.92 Å². The molecular formula is C15H18BrFN2O2. The van der Waals surface area contributed by atoms with Gasteiger partial charge >= 0.3 is 0 Å². The molecule has 2 fully saturated rings. The summed E-state index contributed by atoms with van der Waals surface area (Å²) < 4.78 is 13.8. The lowest BCUT2D eigenvalue weighted by molar-refractivity contribution is -0.384. The Labute approximate surface area is 131 Å². The van der Waals surface area contributed by atoms with E-state index in [1.165, 1.54) is 37.8 Å². The third-order valence-corrected chi connectivity index (χ3v) is 5.66. The summed E-state index contributed by atoms with van der Waals surface area (Å²) in [6, 6.07) is 2.57. The smallest absolute Gasteiger partial charge is 0.293 e. The Balaban J connectivity index is 1.80. The number of rotatable bonds is 4. The minimum atomic E-state index is -0.483. The Morgan fingerprint density at radius 2 is 2.19 bits per heavy atom. The predicted molar refractivity (Wildman–Crippen MR) is 82.8 cm³/mol. The van der Waals surface area contributed by atoms with E-state index in [1.54, 1.807) is 0 Å². The van der Waals surface area contributed by atoms with E-state index in [9.17, 15) is 14.5 Å². The van der Waals surface area contributed by atoms with Crippen molar-refractivity contribution in [2.24, 2.45) is 17.8 Å². The highest BCUT2D eigenvalue weighted by molar-refractivity contribution is 9.10. The van der Waals surface area contributed by atoms with E-state index in [0.717, 1.165) is 11.8 Å². The lowest BCUT2D eigenvalue weighted by Gasteiger charge is -2.29. The number of nitro groups is 1. The highest BCUT2D eigenvalue weighted by Gasteiger charge is 2.42. The minimum absolute atomic E-state index is 0.0849. The van der Waals surface area contributed by atoms with E-state index in [1.807, 2.05) is 0 Å². The molecule has 0 spiro atoms. The quantitative estimate of drug-likeness (QED) is 0.626. The second kappa shape index (κ2) is 5.55. The standard InChI is InChI=1S/C15H18BrFN2O2/c1-8(11-5-9-2-3-10(11)4-9)18-14-7-13(17)12(16)6-15(14)19(20)21/h6-11,18H,2-5H2,1H3. The summed E-state index contributed by atoms with van der Waals surface area (Å²) in [4.78, 5) is 10.7. The van der Waals surface area contributed by atoms with Gasteiger partial charge in [-0.1, -0.05) is 6.42 Å². The predicted octanol–water partition coefficient (Wildman–Crippen LogP) is 4.73. The molecule has 1 N–H and O–H groups in total. The maximum atomic E-state index is 13.7. The number of nitrogens with one attached hydrogen (secondary N) is 1. The number of anilines is 1. The molecule has 2 bridgehead atoms. The van der Waals surface area contributed by atoms with Crippen molar-refractivity contribution in [3.05, 3.63) is 32.5 Å². The molecule has 1 aromatic carbocycles. The van der Waals surface area contributed by atoms with Gasteiger partial charge in [-0.05, 0) is 59.9 Å². The molecule has 2 aliphatic rings. The number of hydrogen-bond acceptors (Lipinski definition) is 3. The molecular weight excluding hydrogens is 339 g/mol. The van der Waals surface area contributed by atoms with Crippen molar-refractivity contribution >= 4 is 27.3 Å². The lowest BCUT2D eigenvalue weighted by Crippen LogP contribution is -2.30. The maximum Gasteiger partial charge on any atom is 0.293 e. The van der Waals surface area contributed by atoms with Crippen molar-refractivity contribution in [3.63, 3.8) is 0 Å². The second-order valence-electron chi connectivity index (χ2n) is 6.31. The highest BCUT2D eigenvalue weighted by atomic mass is 79.9. The summed E-state index contributed by atoms with van der Waals surface area (Å²) in [5, 5.41) is 14.3. The summed E-state index contributed by atoms with van der Waals surface area (Å²) in [6.45, 7) is 2.05. The van der Waals surface area contributed by atoms with Gasteiger partial charge in [-0.15, -0.1) is 0 Å². The van der Waals surface area contributed by atoms with E-state index in [2.05, 4.69) is 28.2 Å². The largest absolute Gasteiger partial charge is 0.377 e. The first-order valence-electron chi connectivity index (χ1n) is 7.35. The summed E-state index contributed by atoms with van der Waals surface area (Å²) in [5.74, 6) is 1.59. The molecule has 0 aliphatic heterocycles. The number of fused-ring (bicyclic) bond motifs is 2. The minimum Gasteiger partial charge on any atom is -0.377 e. The Morgan fingerprint density at radius 1 is 1.43 bits per heavy atom. The van der Waals surface area contributed by atoms with Crippen LogP contribution in [-0.2, 0) is 0 Å². The third kappa shape index (κ3) is 2.78. The molecule has 0 radical (unpaired) electrons. The summed E-state index contributed by atoms with van der Waals surface area (Å²) in [5.41, 5.74) is 0.189. The number of benzene rings is 1. The third-order valence-electron chi connectivity index (χ3n) is 5.05. The van der Waals surface area contributed by atoms with Crippen molar-refractivity contribution < 1.29 is 9.31 Å². The lowest BCUT2D eigenvalue weighted by atomic mass is 9.84. The first-order chi connectivity index (χ1) is 9.95. The van der Waals surface area contributed by atoms with Crippen molar-refractivity contribution in [1.29, 1.82) is 0 Å². The molecule has 1 aromatic rings. The maximum absolute atomic E-state index is 13.7. The van der Waals surface area contributed by atoms with Gasteiger partial charge in [0, 0.05) is 18.2 Å². The molecule has 0 amide bonds. The van der Waals surface area contributed by atoms with Crippen LogP contribution in [0.25, 0.3) is 0 Å². The van der Waals surface area contributed by atoms with Crippen LogP contribution >= 0.6 is 15.9 Å². The molecule has 2 saturated carbocycles. The molecule has 4 atom stereocenters. The monoisotopic (exact) mass is 356 g/mol. The molecule has 3 rings (SSSR count). The van der Waals surface area contributed by atoms with Crippen LogP contribution in [-0.4, -0.2) is 11.0 Å². The van der Waals surface area contributed by atoms with Gasteiger partial charge in [0.1, 0.15) is 11.5 Å². The van der Waals surface area contributed by atoms with E-state index >= 15 is 0 Å². The average Bonchev–Trinajstić information content (AvgIpc) is 3.04. The fraction of sp³-hybridized carbons (Fsp3) is 0.600. The fourth-order valence-corrected chi connectivity index (χ4v) is 4.39. The molecule has 21 heavy (non-hydrogen) atoms. The van der Waals surface area contributed by atoms with Gasteiger partial charge < -0.3 is 5.32 Å². The van der Waals surface area contributed by atoms with Crippen molar-refractivity contribution in [2.75, 3.05) is 5.32 Å². The zero-order chi connectivity index (χ0) is 15.1. The molecule has 4 nitrogen and oxygen atoms in total. The van der Waals surface area contributed by atoms with Gasteiger partial charge in [-0.2, -0.15) is 0 Å². The Bertz CT molecular complexity index is 581. The Kier molecular flexibility index (Phi) is 3.90. The molecule has 2 aliphatic carbocycles. The zero-order valence-electron chi connectivity index (χ0n) is 11.8. The van der Waals surface area contributed by atoms with Gasteiger partial charge in [0.25, 0.3) is 5.69 Å². The molecule has 6 heteroatoms. The number of nitrogens with zero attached hydrogens (tertiary/aromatic N) is 1. The Hall–Kier alpha value is -1.17. The van der Waals surface area contributed by atoms with Crippen LogP contribution in [0.2, 0.25) is 0 Å². The van der Waals surface area contributed by atoms with Crippen LogP contribution < -0.4 is 5.32 Å². The van der Waals surface area contributed by atoms with Crippen molar-refractivity contribution in [1.82, 2.24) is 0 Å². The summed E-state index contributed by atoms with van der Waals surface area (Å²) in [7, 11) is 0. The number of nitro benzene ring substituents is 1. The molecule has 4 unspecified atom stereocenters. The summed E-state index contributed by atoms with van der Waals surface area (Å²) >= 11 is 3.00. The van der Waals surface area contributed by atoms with Crippen LogP contribution in [0.5, 0.6) is 0 Å². The van der Waals surface area contributed by atoms with Crippen molar-refractivity contribution in [2.45, 2.75) is 38.6 Å². The SMILES string of the molecule is CC(Nc1cc(F)c(Br)cc1[N+](=O)[O-])C1CC2CCC1C2. The number of halogens is 2. The number of hydrogen-bond donors (Lipinski definition) is 1. The van der Waals surface area contributed by atoms with Gasteiger partial charge in [0.05, 0.1) is 9.40 Å². The van der Waals surface area contributed by atoms with E-state index < -0.39 is 10.7 Å². The van der Waals surface area contributed by atoms with E-state index in [4.69, 9.17) is 0 Å². The van der Waals surface area contributed by atoms with Gasteiger partial charge in [-0.25, -0.2) is 4.39 Å². The van der Waals surface area contributed by atoms with Crippen LogP contribution in [0.1, 0.15) is 32.6 Å². The van der Waals surface area contributed by atoms with Crippen LogP contribution in [0.3, 0.4) is 0 Å². The molecule has 0 aromatic heterocycles. The average molecular weight is 357 g/mol. The first-order valence-corrected chi connectivity index (χ1v) is 8.15. The normalized spacial score (nSPS) is 28.6. The second-order valence-corrected chi connectivity index (χ2v) is 7.17. The molecule has 0 saturated heterocycles. The van der Waals surface area contributed by atoms with Gasteiger partial charge in [0.15, 0.2) is 0 Å². The van der Waals surface area contributed by atoms with Crippen molar-refractivity contribution in [3.8, 4) is 0 Å². The van der Waals surface area contributed by atoms with Crippen LogP contribution in [0, 0.1) is 33.7 Å². The van der Waals surface area contributed by atoms with Gasteiger partial charge in [-0.3, -0.25) is 10.1 Å². The molecule has 0 heterocycles. The van der Waals surface area contributed by atoms with E-state index in [-0.39, 0.29) is 21.9 Å². The van der Waals surface area contributed by atoms with Crippen LogP contribution in [0.4, 0.5) is 15.8 Å². The zero-order valence-corrected chi connectivity index (χ0v) is 13.4. The summed E-state index contributed by atoms with van der Waals surface area (Å²) in [6.07, 6.45) is 5.05. The van der Waals surface area contributed by atoms with Crippen LogP contribution in [0.15, 0.2) is 16.6 Å². The van der Waals surface area contributed by atoms with Gasteiger partial charge in [0.2, 0.25) is 0 Å².